The number of carbonyl (C=O) groups is 1. The zero-order valence-corrected chi connectivity index (χ0v) is 10.4. The minimum atomic E-state index is -4.46. The molecule has 0 aliphatic carbocycles. The molecular weight excluding hydrogens is 320 g/mol. The standard InChI is InChI=1S/C10H7BrF4N2O/c11-5-1-7-8(2-6(5)12)17(3-9(18)16-7)4-10(13,14)15/h1-2H,3-4H2,(H,16,18). The second-order valence-electron chi connectivity index (χ2n) is 3.80. The summed E-state index contributed by atoms with van der Waals surface area (Å²) in [6, 6.07) is 2.20. The van der Waals surface area contributed by atoms with E-state index in [9.17, 15) is 22.4 Å². The van der Waals surface area contributed by atoms with Crippen LogP contribution in [0.2, 0.25) is 0 Å². The number of nitrogens with one attached hydrogen (secondary N) is 1. The Bertz CT molecular complexity index is 503. The Labute approximate surface area is 108 Å². The molecule has 3 nitrogen and oxygen atoms in total. The predicted octanol–water partition coefficient (Wildman–Crippen LogP) is 2.91. The maximum Gasteiger partial charge on any atom is 0.405 e. The molecular formula is C10H7BrF4N2O. The highest BCUT2D eigenvalue weighted by Gasteiger charge is 2.34. The summed E-state index contributed by atoms with van der Waals surface area (Å²) in [5.41, 5.74) is 0.177. The Balaban J connectivity index is 2.41. The molecule has 0 unspecified atom stereocenters. The Hall–Kier alpha value is -1.31. The van der Waals surface area contributed by atoms with E-state index in [1.165, 1.54) is 6.07 Å². The van der Waals surface area contributed by atoms with Gasteiger partial charge in [-0.1, -0.05) is 0 Å². The highest BCUT2D eigenvalue weighted by atomic mass is 79.9. The van der Waals surface area contributed by atoms with Crippen LogP contribution in [-0.4, -0.2) is 25.2 Å². The Morgan fingerprint density at radius 1 is 1.39 bits per heavy atom. The van der Waals surface area contributed by atoms with Gasteiger partial charge in [-0.05, 0) is 22.0 Å². The van der Waals surface area contributed by atoms with Crippen molar-refractivity contribution in [3.8, 4) is 0 Å². The van der Waals surface area contributed by atoms with Gasteiger partial charge in [0.1, 0.15) is 12.4 Å². The number of fused-ring (bicyclic) bond motifs is 1. The van der Waals surface area contributed by atoms with Crippen LogP contribution < -0.4 is 10.2 Å². The van der Waals surface area contributed by atoms with Crippen LogP contribution >= 0.6 is 15.9 Å². The Kier molecular flexibility index (Phi) is 3.22. The first kappa shape index (κ1) is 13.1. The Morgan fingerprint density at radius 3 is 2.67 bits per heavy atom. The fraction of sp³-hybridized carbons (Fsp3) is 0.300. The van der Waals surface area contributed by atoms with Gasteiger partial charge in [-0.3, -0.25) is 4.79 Å². The van der Waals surface area contributed by atoms with Gasteiger partial charge in [0.25, 0.3) is 0 Å². The Morgan fingerprint density at radius 2 is 2.06 bits per heavy atom. The van der Waals surface area contributed by atoms with Crippen molar-refractivity contribution >= 4 is 33.2 Å². The van der Waals surface area contributed by atoms with E-state index in [0.717, 1.165) is 11.0 Å². The first-order chi connectivity index (χ1) is 8.26. The SMILES string of the molecule is O=C1CN(CC(F)(F)F)c2cc(F)c(Br)cc2N1. The number of halogens is 5. The van der Waals surface area contributed by atoms with Crippen LogP contribution in [0.4, 0.5) is 28.9 Å². The third-order valence-corrected chi connectivity index (χ3v) is 2.97. The van der Waals surface area contributed by atoms with Crippen molar-refractivity contribution in [1.29, 1.82) is 0 Å². The normalized spacial score (nSPS) is 15.4. The molecule has 0 spiro atoms. The molecule has 0 atom stereocenters. The van der Waals surface area contributed by atoms with Gasteiger partial charge in [-0.15, -0.1) is 0 Å². The molecule has 0 radical (unpaired) electrons. The lowest BCUT2D eigenvalue weighted by molar-refractivity contribution is -0.122. The average Bonchev–Trinajstić information content (AvgIpc) is 2.18. The van der Waals surface area contributed by atoms with E-state index in [-0.39, 0.29) is 15.8 Å². The second kappa shape index (κ2) is 4.42. The largest absolute Gasteiger partial charge is 0.405 e. The number of anilines is 2. The van der Waals surface area contributed by atoms with Gasteiger partial charge in [0.15, 0.2) is 0 Å². The number of carbonyl (C=O) groups excluding carboxylic acids is 1. The lowest BCUT2D eigenvalue weighted by atomic mass is 10.2. The van der Waals surface area contributed by atoms with Crippen molar-refractivity contribution in [3.05, 3.63) is 22.4 Å². The summed E-state index contributed by atoms with van der Waals surface area (Å²) in [6.45, 7) is -1.75. The third-order valence-electron chi connectivity index (χ3n) is 2.36. The number of alkyl halides is 3. The highest BCUT2D eigenvalue weighted by Crippen LogP contribution is 2.35. The highest BCUT2D eigenvalue weighted by molar-refractivity contribution is 9.10. The van der Waals surface area contributed by atoms with Gasteiger partial charge in [-0.25, -0.2) is 4.39 Å². The number of nitrogens with zero attached hydrogens (tertiary/aromatic N) is 1. The molecule has 98 valence electrons. The molecule has 2 rings (SSSR count). The van der Waals surface area contributed by atoms with Crippen LogP contribution in [0.3, 0.4) is 0 Å². The zero-order chi connectivity index (χ0) is 13.5. The molecule has 1 amide bonds. The molecule has 0 aromatic heterocycles. The van der Waals surface area contributed by atoms with Crippen LogP contribution in [0.5, 0.6) is 0 Å². The minimum Gasteiger partial charge on any atom is -0.351 e. The average molecular weight is 327 g/mol. The molecule has 1 aliphatic rings. The molecule has 1 N–H and O–H groups in total. The summed E-state index contributed by atoms with van der Waals surface area (Å²) >= 11 is 2.91. The summed E-state index contributed by atoms with van der Waals surface area (Å²) in [5.74, 6) is -1.25. The number of rotatable bonds is 1. The van der Waals surface area contributed by atoms with Crippen LogP contribution in [0.15, 0.2) is 16.6 Å². The number of benzene rings is 1. The number of hydrogen-bond donors (Lipinski definition) is 1. The van der Waals surface area contributed by atoms with E-state index in [4.69, 9.17) is 0 Å². The molecule has 1 aromatic carbocycles. The van der Waals surface area contributed by atoms with Crippen LogP contribution in [0.1, 0.15) is 0 Å². The summed E-state index contributed by atoms with van der Waals surface area (Å²) < 4.78 is 50.5. The van der Waals surface area contributed by atoms with Gasteiger partial charge in [0.05, 0.1) is 22.4 Å². The molecule has 0 saturated heterocycles. The van der Waals surface area contributed by atoms with Crippen molar-refractivity contribution in [3.63, 3.8) is 0 Å². The first-order valence-corrected chi connectivity index (χ1v) is 5.66. The number of amides is 1. The summed E-state index contributed by atoms with van der Waals surface area (Å²) in [4.78, 5) is 12.1. The first-order valence-electron chi connectivity index (χ1n) is 4.87. The smallest absolute Gasteiger partial charge is 0.351 e. The van der Waals surface area contributed by atoms with E-state index < -0.39 is 31.0 Å². The second-order valence-corrected chi connectivity index (χ2v) is 4.66. The van der Waals surface area contributed by atoms with Gasteiger partial charge in [0.2, 0.25) is 5.91 Å². The van der Waals surface area contributed by atoms with Crippen molar-refractivity contribution in [1.82, 2.24) is 0 Å². The lowest BCUT2D eigenvalue weighted by Gasteiger charge is -2.31. The van der Waals surface area contributed by atoms with Gasteiger partial charge in [0, 0.05) is 6.07 Å². The molecule has 18 heavy (non-hydrogen) atoms. The minimum absolute atomic E-state index is 0.0209. The predicted molar refractivity (Wildman–Crippen MR) is 61.0 cm³/mol. The molecule has 1 heterocycles. The van der Waals surface area contributed by atoms with Crippen molar-refractivity contribution in [2.24, 2.45) is 0 Å². The topological polar surface area (TPSA) is 32.3 Å². The van der Waals surface area contributed by atoms with E-state index >= 15 is 0 Å². The maximum atomic E-state index is 13.3. The molecule has 1 aromatic rings. The van der Waals surface area contributed by atoms with Crippen LogP contribution in [-0.2, 0) is 4.79 Å². The molecule has 1 aliphatic heterocycles. The van der Waals surface area contributed by atoms with Crippen LogP contribution in [0.25, 0.3) is 0 Å². The van der Waals surface area contributed by atoms with Gasteiger partial charge in [-0.2, -0.15) is 13.2 Å². The summed E-state index contributed by atoms with van der Waals surface area (Å²) in [6.07, 6.45) is -4.46. The molecule has 8 heteroatoms. The van der Waals surface area contributed by atoms with Gasteiger partial charge < -0.3 is 10.2 Å². The zero-order valence-electron chi connectivity index (χ0n) is 8.81. The van der Waals surface area contributed by atoms with Crippen molar-refractivity contribution in [2.45, 2.75) is 6.18 Å². The molecule has 0 saturated carbocycles. The van der Waals surface area contributed by atoms with E-state index in [0.29, 0.717) is 0 Å². The van der Waals surface area contributed by atoms with E-state index in [1.54, 1.807) is 0 Å². The molecule has 0 fully saturated rings. The number of hydrogen-bond acceptors (Lipinski definition) is 2. The fourth-order valence-corrected chi connectivity index (χ4v) is 2.05. The van der Waals surface area contributed by atoms with E-state index in [1.807, 2.05) is 0 Å². The summed E-state index contributed by atoms with van der Waals surface area (Å²) in [5, 5.41) is 2.40. The third kappa shape index (κ3) is 2.74. The lowest BCUT2D eigenvalue weighted by Crippen LogP contribution is -2.43. The monoisotopic (exact) mass is 326 g/mol. The fourth-order valence-electron chi connectivity index (χ4n) is 1.70. The van der Waals surface area contributed by atoms with Crippen molar-refractivity contribution < 1.29 is 22.4 Å². The van der Waals surface area contributed by atoms with E-state index in [2.05, 4.69) is 21.2 Å². The van der Waals surface area contributed by atoms with Gasteiger partial charge >= 0.3 is 6.18 Å². The van der Waals surface area contributed by atoms with Crippen LogP contribution in [0, 0.1) is 5.82 Å². The quantitative estimate of drug-likeness (QED) is 0.805. The summed E-state index contributed by atoms with van der Waals surface area (Å²) in [7, 11) is 0. The maximum absolute atomic E-state index is 13.3. The molecule has 0 bridgehead atoms. The van der Waals surface area contributed by atoms with Crippen molar-refractivity contribution in [2.75, 3.05) is 23.3 Å².